The van der Waals surface area contributed by atoms with Gasteiger partial charge in [-0.1, -0.05) is 6.42 Å². The smallest absolute Gasteiger partial charge is 0.264 e. The maximum Gasteiger partial charge on any atom is 0.264 e. The van der Waals surface area contributed by atoms with Crippen LogP contribution in [0.1, 0.15) is 30.9 Å². The topological polar surface area (TPSA) is 78.0 Å². The van der Waals surface area contributed by atoms with Gasteiger partial charge < -0.3 is 9.80 Å². The predicted octanol–water partition coefficient (Wildman–Crippen LogP) is 1.40. The van der Waals surface area contributed by atoms with Crippen molar-refractivity contribution in [3.05, 3.63) is 40.6 Å². The van der Waals surface area contributed by atoms with E-state index < -0.39 is 0 Å². The Balaban J connectivity index is 1.27. The van der Waals surface area contributed by atoms with E-state index in [1.807, 2.05) is 6.07 Å². The van der Waals surface area contributed by atoms with Crippen LogP contribution >= 0.6 is 0 Å². The first kappa shape index (κ1) is 14.9. The standard InChI is InChI=1S/C18H22N6O/c25-18-5-4-16(21-22-18)23-7-13-9-24(10-14(13)8-23)17-6-15(19-11-20-17)12-2-1-3-12/h4-6,11-14H,1-3,7-10H2,(H,22,25). The second kappa shape index (κ2) is 5.82. The molecule has 2 aromatic rings. The molecular formula is C18H22N6O. The molecule has 7 heteroatoms. The van der Waals surface area contributed by atoms with Crippen molar-refractivity contribution in [2.75, 3.05) is 36.0 Å². The monoisotopic (exact) mass is 338 g/mol. The van der Waals surface area contributed by atoms with Gasteiger partial charge in [-0.2, -0.15) is 5.10 Å². The molecule has 0 amide bonds. The fourth-order valence-corrected chi connectivity index (χ4v) is 4.34. The molecule has 5 rings (SSSR count). The normalized spacial score (nSPS) is 25.9. The lowest BCUT2D eigenvalue weighted by molar-refractivity contribution is 0.410. The summed E-state index contributed by atoms with van der Waals surface area (Å²) in [7, 11) is 0. The molecule has 2 aliphatic heterocycles. The summed E-state index contributed by atoms with van der Waals surface area (Å²) in [6.07, 6.45) is 5.59. The largest absolute Gasteiger partial charge is 0.356 e. The number of nitrogens with zero attached hydrogens (tertiary/aromatic N) is 5. The quantitative estimate of drug-likeness (QED) is 0.911. The molecule has 3 aliphatic rings. The Kier molecular flexibility index (Phi) is 3.46. The Labute approximate surface area is 146 Å². The van der Waals surface area contributed by atoms with E-state index in [9.17, 15) is 4.79 Å². The lowest BCUT2D eigenvalue weighted by Gasteiger charge is -2.26. The third-order valence-electron chi connectivity index (χ3n) is 6.00. The van der Waals surface area contributed by atoms with E-state index in [0.29, 0.717) is 17.8 Å². The maximum absolute atomic E-state index is 11.2. The Morgan fingerprint density at radius 3 is 2.28 bits per heavy atom. The number of aromatic amines is 1. The third-order valence-corrected chi connectivity index (χ3v) is 6.00. The van der Waals surface area contributed by atoms with Gasteiger partial charge in [0.1, 0.15) is 18.0 Å². The number of anilines is 2. The fraction of sp³-hybridized carbons (Fsp3) is 0.556. The molecule has 1 saturated carbocycles. The van der Waals surface area contributed by atoms with Gasteiger partial charge in [-0.25, -0.2) is 15.1 Å². The van der Waals surface area contributed by atoms with Gasteiger partial charge in [-0.15, -0.1) is 0 Å². The Morgan fingerprint density at radius 1 is 0.960 bits per heavy atom. The molecule has 1 aliphatic carbocycles. The van der Waals surface area contributed by atoms with E-state index in [1.54, 1.807) is 12.4 Å². The number of hydrogen-bond donors (Lipinski definition) is 1. The van der Waals surface area contributed by atoms with Crippen molar-refractivity contribution in [1.82, 2.24) is 20.2 Å². The Hall–Kier alpha value is -2.44. The molecule has 4 heterocycles. The van der Waals surface area contributed by atoms with Gasteiger partial charge in [0.05, 0.1) is 0 Å². The van der Waals surface area contributed by atoms with E-state index >= 15 is 0 Å². The molecule has 2 saturated heterocycles. The van der Waals surface area contributed by atoms with Crippen LogP contribution in [0.5, 0.6) is 0 Å². The number of rotatable bonds is 3. The first-order valence-corrected chi connectivity index (χ1v) is 9.14. The van der Waals surface area contributed by atoms with Gasteiger partial charge in [0.25, 0.3) is 5.56 Å². The highest BCUT2D eigenvalue weighted by atomic mass is 16.1. The summed E-state index contributed by atoms with van der Waals surface area (Å²) in [5, 5.41) is 6.70. The van der Waals surface area contributed by atoms with Crippen LogP contribution in [0.2, 0.25) is 0 Å². The zero-order chi connectivity index (χ0) is 16.8. The summed E-state index contributed by atoms with van der Waals surface area (Å²) in [5.41, 5.74) is 1.06. The SMILES string of the molecule is O=c1ccc(N2CC3CN(c4cc(C5CCC5)ncn4)CC3C2)n[nH]1. The van der Waals surface area contributed by atoms with E-state index in [4.69, 9.17) is 0 Å². The van der Waals surface area contributed by atoms with Crippen molar-refractivity contribution in [3.8, 4) is 0 Å². The third kappa shape index (κ3) is 2.67. The number of H-pyrrole nitrogens is 1. The van der Waals surface area contributed by atoms with Crippen LogP contribution in [0.4, 0.5) is 11.6 Å². The molecule has 0 aromatic carbocycles. The molecule has 130 valence electrons. The number of fused-ring (bicyclic) bond motifs is 1. The van der Waals surface area contributed by atoms with Crippen molar-refractivity contribution in [3.63, 3.8) is 0 Å². The van der Waals surface area contributed by atoms with E-state index in [0.717, 1.165) is 37.8 Å². The van der Waals surface area contributed by atoms with Gasteiger partial charge in [0, 0.05) is 61.8 Å². The van der Waals surface area contributed by atoms with Crippen LogP contribution < -0.4 is 15.4 Å². The highest BCUT2D eigenvalue weighted by Gasteiger charge is 2.41. The Bertz CT molecular complexity index is 798. The molecule has 7 nitrogen and oxygen atoms in total. The van der Waals surface area contributed by atoms with Gasteiger partial charge in [-0.05, 0) is 18.9 Å². The zero-order valence-corrected chi connectivity index (χ0v) is 14.1. The fourth-order valence-electron chi connectivity index (χ4n) is 4.34. The van der Waals surface area contributed by atoms with Crippen LogP contribution in [0.3, 0.4) is 0 Å². The number of nitrogens with one attached hydrogen (secondary N) is 1. The highest BCUT2D eigenvalue weighted by molar-refractivity contribution is 5.45. The average Bonchev–Trinajstić information content (AvgIpc) is 3.13. The molecule has 2 aromatic heterocycles. The van der Waals surface area contributed by atoms with E-state index in [-0.39, 0.29) is 5.56 Å². The Morgan fingerprint density at radius 2 is 1.68 bits per heavy atom. The van der Waals surface area contributed by atoms with Crippen molar-refractivity contribution < 1.29 is 0 Å². The minimum atomic E-state index is -0.152. The van der Waals surface area contributed by atoms with Crippen LogP contribution in [-0.4, -0.2) is 46.3 Å². The predicted molar refractivity (Wildman–Crippen MR) is 94.9 cm³/mol. The second-order valence-corrected chi connectivity index (χ2v) is 7.54. The number of hydrogen-bond acceptors (Lipinski definition) is 6. The molecular weight excluding hydrogens is 316 g/mol. The van der Waals surface area contributed by atoms with Crippen LogP contribution in [0.15, 0.2) is 29.3 Å². The second-order valence-electron chi connectivity index (χ2n) is 7.54. The van der Waals surface area contributed by atoms with Crippen LogP contribution in [0, 0.1) is 11.8 Å². The first-order chi connectivity index (χ1) is 12.3. The van der Waals surface area contributed by atoms with E-state index in [2.05, 4.69) is 36.0 Å². The van der Waals surface area contributed by atoms with Crippen molar-refractivity contribution >= 4 is 11.6 Å². The summed E-state index contributed by atoms with van der Waals surface area (Å²) in [5.74, 6) is 3.84. The molecule has 25 heavy (non-hydrogen) atoms. The molecule has 0 radical (unpaired) electrons. The van der Waals surface area contributed by atoms with Gasteiger partial charge >= 0.3 is 0 Å². The van der Waals surface area contributed by atoms with Crippen LogP contribution in [0.25, 0.3) is 0 Å². The highest BCUT2D eigenvalue weighted by Crippen LogP contribution is 2.38. The molecule has 3 fully saturated rings. The molecule has 2 unspecified atom stereocenters. The average molecular weight is 338 g/mol. The molecule has 0 spiro atoms. The first-order valence-electron chi connectivity index (χ1n) is 9.14. The van der Waals surface area contributed by atoms with E-state index in [1.165, 1.54) is 25.0 Å². The molecule has 0 bridgehead atoms. The lowest BCUT2D eigenvalue weighted by Crippen LogP contribution is -2.30. The minimum absolute atomic E-state index is 0.152. The molecule has 2 atom stereocenters. The summed E-state index contributed by atoms with van der Waals surface area (Å²) in [6.45, 7) is 4.04. The number of aromatic nitrogens is 4. The van der Waals surface area contributed by atoms with Gasteiger partial charge in [0.2, 0.25) is 0 Å². The summed E-state index contributed by atoms with van der Waals surface area (Å²) >= 11 is 0. The van der Waals surface area contributed by atoms with Gasteiger partial charge in [0.15, 0.2) is 0 Å². The van der Waals surface area contributed by atoms with Crippen molar-refractivity contribution in [2.45, 2.75) is 25.2 Å². The van der Waals surface area contributed by atoms with Gasteiger partial charge in [-0.3, -0.25) is 4.79 Å². The lowest BCUT2D eigenvalue weighted by atomic mass is 9.83. The molecule has 1 N–H and O–H groups in total. The zero-order valence-electron chi connectivity index (χ0n) is 14.1. The van der Waals surface area contributed by atoms with Crippen LogP contribution in [-0.2, 0) is 0 Å². The van der Waals surface area contributed by atoms with Crippen molar-refractivity contribution in [2.24, 2.45) is 11.8 Å². The van der Waals surface area contributed by atoms with Crippen molar-refractivity contribution in [1.29, 1.82) is 0 Å². The summed E-state index contributed by atoms with van der Waals surface area (Å²) in [6, 6.07) is 5.56. The summed E-state index contributed by atoms with van der Waals surface area (Å²) in [4.78, 5) is 24.9. The summed E-state index contributed by atoms with van der Waals surface area (Å²) < 4.78 is 0. The minimum Gasteiger partial charge on any atom is -0.356 e. The maximum atomic E-state index is 11.2.